The first-order chi connectivity index (χ1) is 9.15. The Balaban J connectivity index is 2.43. The maximum atomic E-state index is 8.81. The molecular weight excluding hydrogens is 260 g/mol. The highest BCUT2D eigenvalue weighted by Gasteiger charge is 2.14. The van der Waals surface area contributed by atoms with Crippen LogP contribution in [0.5, 0.6) is 0 Å². The summed E-state index contributed by atoms with van der Waals surface area (Å²) in [6, 6.07) is 9.44. The molecule has 0 N–H and O–H groups in total. The minimum Gasteiger partial charge on any atom is -0.310 e. The van der Waals surface area contributed by atoms with Crippen molar-refractivity contribution in [2.45, 2.75) is 26.3 Å². The molecule has 2 rings (SSSR count). The highest BCUT2D eigenvalue weighted by molar-refractivity contribution is 6.16. The molecule has 2 aromatic rings. The maximum absolute atomic E-state index is 8.81. The predicted octanol–water partition coefficient (Wildman–Crippen LogP) is 3.21. The van der Waals surface area contributed by atoms with E-state index in [0.717, 1.165) is 23.8 Å². The van der Waals surface area contributed by atoms with Gasteiger partial charge in [0.25, 0.3) is 0 Å². The minimum absolute atomic E-state index is 0.343. The van der Waals surface area contributed by atoms with Gasteiger partial charge in [0.15, 0.2) is 5.82 Å². The Morgan fingerprint density at radius 1 is 1.26 bits per heavy atom. The topological polar surface area (TPSA) is 54.5 Å². The van der Waals surface area contributed by atoms with Gasteiger partial charge in [-0.1, -0.05) is 13.8 Å². The summed E-state index contributed by atoms with van der Waals surface area (Å²) in [7, 11) is 0. The molecule has 0 aliphatic rings. The molecule has 0 fully saturated rings. The molecule has 0 bridgehead atoms. The number of alkyl halides is 1. The number of nitrogens with zero attached hydrogens (tertiary/aromatic N) is 4. The van der Waals surface area contributed by atoms with Crippen LogP contribution < -0.4 is 0 Å². The number of aromatic nitrogens is 3. The van der Waals surface area contributed by atoms with Gasteiger partial charge in [0.1, 0.15) is 5.82 Å². The normalized spacial score (nSPS) is 10.7. The molecule has 0 aliphatic carbocycles. The Kier molecular flexibility index (Phi) is 4.18. The number of benzene rings is 1. The van der Waals surface area contributed by atoms with Crippen molar-refractivity contribution in [1.29, 1.82) is 5.26 Å². The molecule has 98 valence electrons. The van der Waals surface area contributed by atoms with Crippen LogP contribution in [0.15, 0.2) is 24.3 Å². The molecule has 0 saturated heterocycles. The fourth-order valence-corrected chi connectivity index (χ4v) is 2.10. The molecule has 19 heavy (non-hydrogen) atoms. The van der Waals surface area contributed by atoms with Gasteiger partial charge in [-0.2, -0.15) is 5.26 Å². The predicted molar refractivity (Wildman–Crippen MR) is 74.6 cm³/mol. The second-order valence-corrected chi connectivity index (χ2v) is 5.03. The molecule has 0 aliphatic heterocycles. The van der Waals surface area contributed by atoms with Crippen LogP contribution in [0.25, 0.3) is 11.4 Å². The zero-order chi connectivity index (χ0) is 13.8. The van der Waals surface area contributed by atoms with E-state index in [-0.39, 0.29) is 0 Å². The molecule has 1 aromatic heterocycles. The standard InChI is InChI=1S/C14H15ClN4/c1-10(2)9-19-13(7-15)17-18-14(19)12-5-3-11(8-16)4-6-12/h3-6,10H,7,9H2,1-2H3. The van der Waals surface area contributed by atoms with Gasteiger partial charge in [0, 0.05) is 12.1 Å². The van der Waals surface area contributed by atoms with E-state index in [9.17, 15) is 0 Å². The third-order valence-corrected chi connectivity index (χ3v) is 3.01. The van der Waals surface area contributed by atoms with Crippen LogP contribution in [0.4, 0.5) is 0 Å². The molecule has 4 nitrogen and oxygen atoms in total. The van der Waals surface area contributed by atoms with Crippen LogP contribution in [0.2, 0.25) is 0 Å². The van der Waals surface area contributed by atoms with Crippen molar-refractivity contribution < 1.29 is 0 Å². The highest BCUT2D eigenvalue weighted by atomic mass is 35.5. The van der Waals surface area contributed by atoms with Gasteiger partial charge in [-0.3, -0.25) is 0 Å². The number of hydrogen-bond donors (Lipinski definition) is 0. The lowest BCUT2D eigenvalue weighted by molar-refractivity contribution is 0.515. The Labute approximate surface area is 117 Å². The molecule has 0 unspecified atom stereocenters. The zero-order valence-electron chi connectivity index (χ0n) is 11.0. The summed E-state index contributed by atoms with van der Waals surface area (Å²) in [4.78, 5) is 0. The third-order valence-electron chi connectivity index (χ3n) is 2.77. The summed E-state index contributed by atoms with van der Waals surface area (Å²) in [6.45, 7) is 5.10. The molecule has 0 saturated carbocycles. The van der Waals surface area contributed by atoms with Gasteiger partial charge >= 0.3 is 0 Å². The lowest BCUT2D eigenvalue weighted by Crippen LogP contribution is -2.09. The first-order valence-corrected chi connectivity index (χ1v) is 6.67. The van der Waals surface area contributed by atoms with Gasteiger partial charge in [-0.15, -0.1) is 21.8 Å². The summed E-state index contributed by atoms with van der Waals surface area (Å²) in [5.41, 5.74) is 1.58. The van der Waals surface area contributed by atoms with Crippen LogP contribution in [0.1, 0.15) is 25.2 Å². The second kappa shape index (κ2) is 5.85. The fourth-order valence-electron chi connectivity index (χ4n) is 1.90. The first kappa shape index (κ1) is 13.6. The monoisotopic (exact) mass is 274 g/mol. The van der Waals surface area contributed by atoms with Gasteiger partial charge in [-0.05, 0) is 30.2 Å². The Bertz CT molecular complexity index is 593. The maximum Gasteiger partial charge on any atom is 0.163 e. The Morgan fingerprint density at radius 3 is 2.47 bits per heavy atom. The van der Waals surface area contributed by atoms with Gasteiger partial charge < -0.3 is 4.57 Å². The number of halogens is 1. The molecular formula is C14H15ClN4. The summed E-state index contributed by atoms with van der Waals surface area (Å²) >= 11 is 5.90. The molecule has 0 atom stereocenters. The average molecular weight is 275 g/mol. The zero-order valence-corrected chi connectivity index (χ0v) is 11.7. The first-order valence-electron chi connectivity index (χ1n) is 6.14. The lowest BCUT2D eigenvalue weighted by atomic mass is 10.1. The van der Waals surface area contributed by atoms with E-state index < -0.39 is 0 Å². The molecule has 5 heteroatoms. The van der Waals surface area contributed by atoms with Crippen molar-refractivity contribution in [2.75, 3.05) is 0 Å². The Hall–Kier alpha value is -1.86. The minimum atomic E-state index is 0.343. The fraction of sp³-hybridized carbons (Fsp3) is 0.357. The molecule has 1 heterocycles. The quantitative estimate of drug-likeness (QED) is 0.805. The van der Waals surface area contributed by atoms with Crippen LogP contribution in [0.3, 0.4) is 0 Å². The Morgan fingerprint density at radius 2 is 1.95 bits per heavy atom. The van der Waals surface area contributed by atoms with Crippen molar-refractivity contribution >= 4 is 11.6 Å². The summed E-state index contributed by atoms with van der Waals surface area (Å²) < 4.78 is 2.04. The van der Waals surface area contributed by atoms with Crippen LogP contribution in [-0.2, 0) is 12.4 Å². The smallest absolute Gasteiger partial charge is 0.163 e. The van der Waals surface area contributed by atoms with Crippen molar-refractivity contribution in [3.63, 3.8) is 0 Å². The van der Waals surface area contributed by atoms with Gasteiger partial charge in [-0.25, -0.2) is 0 Å². The van der Waals surface area contributed by atoms with Crippen molar-refractivity contribution in [3.05, 3.63) is 35.7 Å². The van der Waals surface area contributed by atoms with E-state index in [1.165, 1.54) is 0 Å². The van der Waals surface area contributed by atoms with E-state index in [2.05, 4.69) is 30.1 Å². The van der Waals surface area contributed by atoms with Crippen molar-refractivity contribution in [2.24, 2.45) is 5.92 Å². The second-order valence-electron chi connectivity index (χ2n) is 4.77. The third kappa shape index (κ3) is 2.94. The van der Waals surface area contributed by atoms with Crippen LogP contribution in [-0.4, -0.2) is 14.8 Å². The molecule has 0 radical (unpaired) electrons. The van der Waals surface area contributed by atoms with E-state index in [0.29, 0.717) is 17.4 Å². The van der Waals surface area contributed by atoms with E-state index in [1.807, 2.05) is 16.7 Å². The molecule has 0 spiro atoms. The van der Waals surface area contributed by atoms with Gasteiger partial charge in [0.2, 0.25) is 0 Å². The number of hydrogen-bond acceptors (Lipinski definition) is 3. The van der Waals surface area contributed by atoms with Crippen LogP contribution in [0, 0.1) is 17.2 Å². The van der Waals surface area contributed by atoms with E-state index in [1.54, 1.807) is 12.1 Å². The van der Waals surface area contributed by atoms with Crippen LogP contribution >= 0.6 is 11.6 Å². The summed E-state index contributed by atoms with van der Waals surface area (Å²) in [5.74, 6) is 2.40. The van der Waals surface area contributed by atoms with E-state index in [4.69, 9.17) is 16.9 Å². The summed E-state index contributed by atoms with van der Waals surface area (Å²) in [5, 5.41) is 17.1. The molecule has 0 amide bonds. The lowest BCUT2D eigenvalue weighted by Gasteiger charge is -2.11. The van der Waals surface area contributed by atoms with E-state index >= 15 is 0 Å². The largest absolute Gasteiger partial charge is 0.310 e. The number of nitriles is 1. The summed E-state index contributed by atoms with van der Waals surface area (Å²) in [6.07, 6.45) is 0. The molecule has 1 aromatic carbocycles. The van der Waals surface area contributed by atoms with Crippen molar-refractivity contribution in [3.8, 4) is 17.5 Å². The average Bonchev–Trinajstić information content (AvgIpc) is 2.81. The van der Waals surface area contributed by atoms with Gasteiger partial charge in [0.05, 0.1) is 17.5 Å². The SMILES string of the molecule is CC(C)Cn1c(CCl)nnc1-c1ccc(C#N)cc1. The van der Waals surface area contributed by atoms with Crippen molar-refractivity contribution in [1.82, 2.24) is 14.8 Å². The highest BCUT2D eigenvalue weighted by Crippen LogP contribution is 2.21. The number of rotatable bonds is 4.